The average molecular weight is 371 g/mol. The number of pyridine rings is 1. The van der Waals surface area contributed by atoms with Crippen molar-refractivity contribution in [1.82, 2.24) is 19.9 Å². The van der Waals surface area contributed by atoms with E-state index in [1.807, 2.05) is 6.07 Å². The van der Waals surface area contributed by atoms with Crippen LogP contribution in [0.15, 0.2) is 36.4 Å². The van der Waals surface area contributed by atoms with Crippen molar-refractivity contribution in [2.75, 3.05) is 13.1 Å². The SMILES string of the molecule is C.Cc1cc(CC2CCN(Cc3nc4ccccc4[nH]3)C2)cc(C)n1.S. The van der Waals surface area contributed by atoms with E-state index >= 15 is 0 Å². The summed E-state index contributed by atoms with van der Waals surface area (Å²) >= 11 is 0. The zero-order valence-electron chi connectivity index (χ0n) is 14.9. The van der Waals surface area contributed by atoms with Gasteiger partial charge in [0.2, 0.25) is 0 Å². The number of aromatic amines is 1. The number of benzene rings is 1. The maximum atomic E-state index is 4.70. The van der Waals surface area contributed by atoms with E-state index in [-0.39, 0.29) is 20.9 Å². The molecule has 0 radical (unpaired) electrons. The molecule has 3 aromatic rings. The molecular weight excluding hydrogens is 340 g/mol. The van der Waals surface area contributed by atoms with Gasteiger partial charge in [-0.05, 0) is 69.0 Å². The van der Waals surface area contributed by atoms with Crippen LogP contribution in [0.5, 0.6) is 0 Å². The molecule has 4 rings (SSSR count). The van der Waals surface area contributed by atoms with Crippen LogP contribution in [0.4, 0.5) is 0 Å². The highest BCUT2D eigenvalue weighted by Crippen LogP contribution is 2.23. The van der Waals surface area contributed by atoms with Crippen molar-refractivity contribution in [3.8, 4) is 0 Å². The Labute approximate surface area is 163 Å². The number of aromatic nitrogens is 3. The van der Waals surface area contributed by atoms with Crippen molar-refractivity contribution in [3.63, 3.8) is 0 Å². The van der Waals surface area contributed by atoms with Gasteiger partial charge in [-0.2, -0.15) is 13.5 Å². The quantitative estimate of drug-likeness (QED) is 0.741. The molecule has 1 aromatic carbocycles. The molecule has 1 N–H and O–H groups in total. The first-order valence-corrected chi connectivity index (χ1v) is 8.76. The Kier molecular flexibility index (Phi) is 6.84. The van der Waals surface area contributed by atoms with Crippen molar-refractivity contribution in [1.29, 1.82) is 0 Å². The van der Waals surface area contributed by atoms with Crippen LogP contribution in [-0.4, -0.2) is 32.9 Å². The van der Waals surface area contributed by atoms with Crippen LogP contribution in [-0.2, 0) is 13.0 Å². The van der Waals surface area contributed by atoms with Crippen molar-refractivity contribution < 1.29 is 0 Å². The molecule has 3 heterocycles. The third-order valence-electron chi connectivity index (χ3n) is 4.85. The van der Waals surface area contributed by atoms with E-state index in [2.05, 4.69) is 59.0 Å². The number of fused-ring (bicyclic) bond motifs is 1. The van der Waals surface area contributed by atoms with E-state index in [0.29, 0.717) is 0 Å². The second kappa shape index (κ2) is 8.69. The molecular formula is C21H30N4S. The fraction of sp³-hybridized carbons (Fsp3) is 0.429. The van der Waals surface area contributed by atoms with Gasteiger partial charge in [0.05, 0.1) is 17.6 Å². The maximum absolute atomic E-state index is 4.70. The lowest BCUT2D eigenvalue weighted by Gasteiger charge is -2.15. The Balaban J connectivity index is 0.00000121. The Morgan fingerprint density at radius 3 is 2.58 bits per heavy atom. The molecule has 0 amide bonds. The molecule has 5 heteroatoms. The maximum Gasteiger partial charge on any atom is 0.121 e. The third-order valence-corrected chi connectivity index (χ3v) is 4.85. The second-order valence-corrected chi connectivity index (χ2v) is 7.05. The molecule has 0 saturated carbocycles. The average Bonchev–Trinajstić information content (AvgIpc) is 3.12. The zero-order valence-corrected chi connectivity index (χ0v) is 15.9. The van der Waals surface area contributed by atoms with Crippen LogP contribution in [0, 0.1) is 19.8 Å². The first-order valence-electron chi connectivity index (χ1n) is 8.76. The van der Waals surface area contributed by atoms with Crippen molar-refractivity contribution in [2.45, 2.75) is 40.7 Å². The van der Waals surface area contributed by atoms with Crippen LogP contribution in [0.1, 0.15) is 36.6 Å². The number of imidazole rings is 1. The molecule has 4 nitrogen and oxygen atoms in total. The van der Waals surface area contributed by atoms with Gasteiger partial charge in [-0.3, -0.25) is 9.88 Å². The van der Waals surface area contributed by atoms with Gasteiger partial charge in [-0.25, -0.2) is 4.98 Å². The van der Waals surface area contributed by atoms with Gasteiger partial charge < -0.3 is 4.98 Å². The summed E-state index contributed by atoms with van der Waals surface area (Å²) < 4.78 is 0. The summed E-state index contributed by atoms with van der Waals surface area (Å²) in [6, 6.07) is 12.7. The van der Waals surface area contributed by atoms with Crippen molar-refractivity contribution >= 4 is 24.5 Å². The number of para-hydroxylation sites is 2. The molecule has 1 fully saturated rings. The van der Waals surface area contributed by atoms with Crippen molar-refractivity contribution in [2.24, 2.45) is 5.92 Å². The predicted octanol–water partition coefficient (Wildman–Crippen LogP) is 4.39. The fourth-order valence-electron chi connectivity index (χ4n) is 3.89. The number of H-pyrrole nitrogens is 1. The Morgan fingerprint density at radius 1 is 1.12 bits per heavy atom. The first-order chi connectivity index (χ1) is 11.7. The predicted molar refractivity (Wildman–Crippen MR) is 114 cm³/mol. The van der Waals surface area contributed by atoms with E-state index in [9.17, 15) is 0 Å². The topological polar surface area (TPSA) is 44.8 Å². The zero-order chi connectivity index (χ0) is 16.5. The van der Waals surface area contributed by atoms with Gasteiger partial charge in [0.25, 0.3) is 0 Å². The lowest BCUT2D eigenvalue weighted by molar-refractivity contribution is 0.309. The standard InChI is InChI=1S/C20H24N4.CH4.H2S/c1-14-9-17(10-15(2)21-14)11-16-7-8-24(12-16)13-20-22-18-5-3-4-6-19(18)23-20;;/h3-6,9-10,16H,7-8,11-13H2,1-2H3,(H,22,23);1H4;1H2. The van der Waals surface area contributed by atoms with Crippen LogP contribution in [0.25, 0.3) is 11.0 Å². The summed E-state index contributed by atoms with van der Waals surface area (Å²) in [5.74, 6) is 1.81. The molecule has 1 saturated heterocycles. The smallest absolute Gasteiger partial charge is 0.121 e. The highest BCUT2D eigenvalue weighted by atomic mass is 32.1. The number of aryl methyl sites for hydroxylation is 2. The minimum absolute atomic E-state index is 0. The van der Waals surface area contributed by atoms with E-state index in [1.165, 1.54) is 12.0 Å². The van der Waals surface area contributed by atoms with Gasteiger partial charge in [-0.1, -0.05) is 19.6 Å². The Bertz CT molecular complexity index is 805. The lowest BCUT2D eigenvalue weighted by atomic mass is 9.98. The van der Waals surface area contributed by atoms with E-state index in [0.717, 1.165) is 60.2 Å². The summed E-state index contributed by atoms with van der Waals surface area (Å²) in [7, 11) is 0. The van der Waals surface area contributed by atoms with E-state index in [1.54, 1.807) is 0 Å². The second-order valence-electron chi connectivity index (χ2n) is 7.05. The van der Waals surface area contributed by atoms with Crippen LogP contribution in [0.3, 0.4) is 0 Å². The summed E-state index contributed by atoms with van der Waals surface area (Å²) in [6.07, 6.45) is 2.42. The Morgan fingerprint density at radius 2 is 1.85 bits per heavy atom. The molecule has 140 valence electrons. The molecule has 26 heavy (non-hydrogen) atoms. The number of likely N-dealkylation sites (tertiary alicyclic amines) is 1. The molecule has 1 atom stereocenters. The normalized spacial score (nSPS) is 17.1. The van der Waals surface area contributed by atoms with Gasteiger partial charge in [-0.15, -0.1) is 0 Å². The number of hydrogen-bond donors (Lipinski definition) is 1. The van der Waals surface area contributed by atoms with Gasteiger partial charge in [0.1, 0.15) is 5.82 Å². The third kappa shape index (κ3) is 4.65. The largest absolute Gasteiger partial charge is 0.341 e. The highest BCUT2D eigenvalue weighted by molar-refractivity contribution is 7.59. The van der Waals surface area contributed by atoms with Gasteiger partial charge >= 0.3 is 0 Å². The first kappa shape index (κ1) is 20.5. The van der Waals surface area contributed by atoms with E-state index < -0.39 is 0 Å². The molecule has 1 aliphatic heterocycles. The van der Waals surface area contributed by atoms with E-state index in [4.69, 9.17) is 4.98 Å². The fourth-order valence-corrected chi connectivity index (χ4v) is 3.89. The molecule has 1 aliphatic rings. The number of rotatable bonds is 4. The number of nitrogens with one attached hydrogen (secondary N) is 1. The summed E-state index contributed by atoms with van der Waals surface area (Å²) in [4.78, 5) is 15.1. The monoisotopic (exact) mass is 370 g/mol. The number of nitrogens with zero attached hydrogens (tertiary/aromatic N) is 3. The van der Waals surface area contributed by atoms with Gasteiger partial charge in [0, 0.05) is 17.9 Å². The summed E-state index contributed by atoms with van der Waals surface area (Å²) in [5.41, 5.74) is 5.87. The molecule has 0 aliphatic carbocycles. The number of hydrogen-bond acceptors (Lipinski definition) is 3. The molecule has 1 unspecified atom stereocenters. The lowest BCUT2D eigenvalue weighted by Crippen LogP contribution is -2.21. The Hall–Kier alpha value is -1.85. The van der Waals surface area contributed by atoms with Crippen LogP contribution < -0.4 is 0 Å². The minimum atomic E-state index is 0. The summed E-state index contributed by atoms with van der Waals surface area (Å²) in [5, 5.41) is 0. The molecule has 0 bridgehead atoms. The highest BCUT2D eigenvalue weighted by Gasteiger charge is 2.23. The molecule has 0 spiro atoms. The minimum Gasteiger partial charge on any atom is -0.341 e. The van der Waals surface area contributed by atoms with Gasteiger partial charge in [0.15, 0.2) is 0 Å². The van der Waals surface area contributed by atoms with Crippen LogP contribution >= 0.6 is 13.5 Å². The molecule has 2 aromatic heterocycles. The van der Waals surface area contributed by atoms with Crippen molar-refractivity contribution in [3.05, 3.63) is 59.2 Å². The summed E-state index contributed by atoms with van der Waals surface area (Å²) in [6.45, 7) is 7.39. The van der Waals surface area contributed by atoms with Crippen LogP contribution in [0.2, 0.25) is 0 Å².